The van der Waals surface area contributed by atoms with Gasteiger partial charge in [0, 0.05) is 11.3 Å². The van der Waals surface area contributed by atoms with Gasteiger partial charge in [-0.15, -0.1) is 0 Å². The Morgan fingerprint density at radius 3 is 2.60 bits per heavy atom. The Kier molecular flexibility index (Phi) is 4.17. The minimum Gasteiger partial charge on any atom is -0.768 e. The lowest BCUT2D eigenvalue weighted by Gasteiger charge is -2.12. The topological polar surface area (TPSA) is 57.2 Å². The van der Waals surface area contributed by atoms with Crippen LogP contribution in [0, 0.1) is 0 Å². The molecule has 1 unspecified atom stereocenters. The Balaban J connectivity index is 3.16. The lowest BCUT2D eigenvalue weighted by Crippen LogP contribution is -2.03. The van der Waals surface area contributed by atoms with Gasteiger partial charge in [0.2, 0.25) is 0 Å². The molecule has 0 aromatic heterocycles. The van der Waals surface area contributed by atoms with Gasteiger partial charge in [0.05, 0.1) is 0 Å². The van der Waals surface area contributed by atoms with E-state index in [2.05, 4.69) is 0 Å². The fourth-order valence-corrected chi connectivity index (χ4v) is 1.95. The molecule has 1 atom stereocenters. The van der Waals surface area contributed by atoms with Crippen LogP contribution in [0.1, 0.15) is 25.0 Å². The average molecular weight is 225 g/mol. The van der Waals surface area contributed by atoms with Crippen LogP contribution >= 0.6 is 0 Å². The summed E-state index contributed by atoms with van der Waals surface area (Å²) < 4.78 is 21.8. The van der Waals surface area contributed by atoms with Crippen molar-refractivity contribution in [1.82, 2.24) is 0 Å². The first-order chi connectivity index (χ1) is 7.04. The molecule has 0 radical (unpaired) electrons. The first-order valence-electron chi connectivity index (χ1n) is 4.75. The third-order valence-electron chi connectivity index (χ3n) is 2.15. The molecule has 0 saturated heterocycles. The van der Waals surface area contributed by atoms with Gasteiger partial charge in [0.1, 0.15) is 5.78 Å². The molecule has 4 heteroatoms. The fraction of sp³-hybridized carbons (Fsp3) is 0.364. The first-order valence-corrected chi connectivity index (χ1v) is 5.82. The predicted octanol–water partition coefficient (Wildman–Crippen LogP) is 1.62. The fourth-order valence-electron chi connectivity index (χ4n) is 1.42. The van der Waals surface area contributed by atoms with Crippen molar-refractivity contribution < 1.29 is 13.6 Å². The van der Waals surface area contributed by atoms with Crippen LogP contribution in [0.15, 0.2) is 23.1 Å². The first kappa shape index (κ1) is 12.1. The summed E-state index contributed by atoms with van der Waals surface area (Å²) in [5.41, 5.74) is 1.63. The molecular weight excluding hydrogens is 212 g/mol. The molecule has 82 valence electrons. The van der Waals surface area contributed by atoms with E-state index in [-0.39, 0.29) is 17.1 Å². The molecule has 0 amide bonds. The summed E-state index contributed by atoms with van der Waals surface area (Å²) in [5.74, 6) is -0.0325. The van der Waals surface area contributed by atoms with E-state index in [1.807, 2.05) is 6.92 Å². The molecule has 0 fully saturated rings. The summed E-state index contributed by atoms with van der Waals surface area (Å²) >= 11 is -2.27. The largest absolute Gasteiger partial charge is 0.768 e. The minimum absolute atomic E-state index is 0.0325. The van der Waals surface area contributed by atoms with Crippen molar-refractivity contribution in [3.63, 3.8) is 0 Å². The second-order valence-electron chi connectivity index (χ2n) is 3.41. The van der Waals surface area contributed by atoms with Crippen LogP contribution in [-0.2, 0) is 28.7 Å². The van der Waals surface area contributed by atoms with E-state index in [1.54, 1.807) is 18.2 Å². The standard InChI is InChI=1S/C11H14O3S/c1-3-9-4-5-11(15(13)14)10(7-9)6-8(2)12/h4-5,7H,3,6H2,1-2H3,(H,13,14)/p-1. The maximum Gasteiger partial charge on any atom is 0.134 e. The predicted molar refractivity (Wildman–Crippen MR) is 57.4 cm³/mol. The molecular formula is C11H13O3S-. The molecule has 15 heavy (non-hydrogen) atoms. The summed E-state index contributed by atoms with van der Waals surface area (Å²) in [6.07, 6.45) is 1.01. The molecule has 1 aromatic carbocycles. The molecule has 0 aliphatic carbocycles. The summed E-state index contributed by atoms with van der Waals surface area (Å²) in [6.45, 7) is 3.44. The van der Waals surface area contributed by atoms with Crippen molar-refractivity contribution >= 4 is 16.9 Å². The molecule has 0 spiro atoms. The average Bonchev–Trinajstić information content (AvgIpc) is 2.16. The summed E-state index contributed by atoms with van der Waals surface area (Å²) in [5, 5.41) is 0. The Morgan fingerprint density at radius 2 is 2.13 bits per heavy atom. The van der Waals surface area contributed by atoms with Crippen molar-refractivity contribution in [1.29, 1.82) is 0 Å². The lowest BCUT2D eigenvalue weighted by molar-refractivity contribution is -0.116. The van der Waals surface area contributed by atoms with Crippen LogP contribution in [0.3, 0.4) is 0 Å². The van der Waals surface area contributed by atoms with E-state index in [0.717, 1.165) is 12.0 Å². The maximum atomic E-state index is 11.0. The van der Waals surface area contributed by atoms with Crippen molar-refractivity contribution in [2.24, 2.45) is 0 Å². The molecule has 0 bridgehead atoms. The second-order valence-corrected chi connectivity index (χ2v) is 4.32. The van der Waals surface area contributed by atoms with E-state index in [0.29, 0.717) is 5.56 Å². The number of Topliss-reactive ketones (excluding diaryl/α,β-unsaturated/α-hetero) is 1. The van der Waals surface area contributed by atoms with Crippen molar-refractivity contribution in [2.75, 3.05) is 0 Å². The molecule has 0 saturated carbocycles. The summed E-state index contributed by atoms with van der Waals surface area (Å²) in [6, 6.07) is 5.11. The van der Waals surface area contributed by atoms with Crippen molar-refractivity contribution in [3.05, 3.63) is 29.3 Å². The van der Waals surface area contributed by atoms with Crippen LogP contribution in [0.2, 0.25) is 0 Å². The van der Waals surface area contributed by atoms with E-state index in [9.17, 15) is 13.6 Å². The van der Waals surface area contributed by atoms with Gasteiger partial charge in [-0.05, 0) is 41.6 Å². The highest BCUT2D eigenvalue weighted by Gasteiger charge is 2.06. The van der Waals surface area contributed by atoms with Gasteiger partial charge in [-0.1, -0.05) is 19.1 Å². The van der Waals surface area contributed by atoms with E-state index in [4.69, 9.17) is 0 Å². The number of aryl methyl sites for hydroxylation is 1. The van der Waals surface area contributed by atoms with Gasteiger partial charge in [0.15, 0.2) is 0 Å². The number of carbonyl (C=O) groups excluding carboxylic acids is 1. The van der Waals surface area contributed by atoms with Crippen LogP contribution in [0.5, 0.6) is 0 Å². The third kappa shape index (κ3) is 3.25. The van der Waals surface area contributed by atoms with Gasteiger partial charge in [-0.25, -0.2) is 0 Å². The zero-order chi connectivity index (χ0) is 11.4. The normalized spacial score (nSPS) is 12.5. The van der Waals surface area contributed by atoms with Crippen LogP contribution in [0.4, 0.5) is 0 Å². The van der Waals surface area contributed by atoms with Gasteiger partial charge in [-0.3, -0.25) is 9.00 Å². The number of hydrogen-bond donors (Lipinski definition) is 0. The molecule has 1 aromatic rings. The maximum absolute atomic E-state index is 11.0. The number of carbonyl (C=O) groups is 1. The molecule has 3 nitrogen and oxygen atoms in total. The molecule has 0 heterocycles. The van der Waals surface area contributed by atoms with Crippen molar-refractivity contribution in [2.45, 2.75) is 31.6 Å². The highest BCUT2D eigenvalue weighted by molar-refractivity contribution is 7.79. The van der Waals surface area contributed by atoms with E-state index in [1.165, 1.54) is 6.92 Å². The minimum atomic E-state index is -2.27. The van der Waals surface area contributed by atoms with Gasteiger partial charge in [-0.2, -0.15) is 0 Å². The summed E-state index contributed by atoms with van der Waals surface area (Å²) in [4.78, 5) is 11.2. The number of benzene rings is 1. The number of rotatable bonds is 4. The monoisotopic (exact) mass is 225 g/mol. The van der Waals surface area contributed by atoms with Gasteiger partial charge >= 0.3 is 0 Å². The SMILES string of the molecule is CCc1ccc(S(=O)[O-])c(CC(C)=O)c1. The zero-order valence-corrected chi connectivity index (χ0v) is 9.60. The highest BCUT2D eigenvalue weighted by atomic mass is 32.2. The summed E-state index contributed by atoms with van der Waals surface area (Å²) in [7, 11) is 0. The molecule has 0 aliphatic rings. The van der Waals surface area contributed by atoms with Crippen LogP contribution < -0.4 is 0 Å². The second kappa shape index (κ2) is 5.19. The highest BCUT2D eigenvalue weighted by Crippen LogP contribution is 2.16. The lowest BCUT2D eigenvalue weighted by atomic mass is 10.0. The molecule has 0 N–H and O–H groups in total. The Morgan fingerprint density at radius 1 is 1.47 bits per heavy atom. The van der Waals surface area contributed by atoms with E-state index >= 15 is 0 Å². The van der Waals surface area contributed by atoms with Crippen LogP contribution in [0.25, 0.3) is 0 Å². The van der Waals surface area contributed by atoms with Gasteiger partial charge < -0.3 is 4.55 Å². The van der Waals surface area contributed by atoms with Crippen LogP contribution in [-0.4, -0.2) is 14.5 Å². The third-order valence-corrected chi connectivity index (χ3v) is 2.91. The Hall–Kier alpha value is -1.00. The molecule has 0 aliphatic heterocycles. The van der Waals surface area contributed by atoms with Crippen molar-refractivity contribution in [3.8, 4) is 0 Å². The number of ketones is 1. The smallest absolute Gasteiger partial charge is 0.134 e. The Bertz CT molecular complexity index is 399. The Labute approximate surface area is 91.8 Å². The van der Waals surface area contributed by atoms with E-state index < -0.39 is 11.1 Å². The molecule has 1 rings (SSSR count). The quantitative estimate of drug-likeness (QED) is 0.731. The number of hydrogen-bond acceptors (Lipinski definition) is 3. The zero-order valence-electron chi connectivity index (χ0n) is 8.78. The van der Waals surface area contributed by atoms with Gasteiger partial charge in [0.25, 0.3) is 0 Å².